The van der Waals surface area contributed by atoms with Gasteiger partial charge in [0.1, 0.15) is 5.60 Å². The molecule has 1 N–H and O–H groups in total. The van der Waals surface area contributed by atoms with Crippen LogP contribution in [0.25, 0.3) is 0 Å². The first kappa shape index (κ1) is 9.00. The molecular weight excluding hydrogens is 166 g/mol. The largest absolute Gasteiger partial charge is 0.380 e. The van der Waals surface area contributed by atoms with E-state index < -0.39 is 5.60 Å². The Morgan fingerprint density at radius 2 is 1.69 bits per heavy atom. The molecule has 2 rings (SSSR count). The fourth-order valence-corrected chi connectivity index (χ4v) is 2.12. The molecule has 74 valence electrons. The summed E-state index contributed by atoms with van der Waals surface area (Å²) in [4.78, 5) is 13.6. The molecule has 3 nitrogen and oxygen atoms in total. The number of likely N-dealkylation sites (tertiary alicyclic amines) is 1. The van der Waals surface area contributed by atoms with Gasteiger partial charge in [-0.1, -0.05) is 0 Å². The summed E-state index contributed by atoms with van der Waals surface area (Å²) in [6.07, 6.45) is 5.76. The summed E-state index contributed by atoms with van der Waals surface area (Å²) < 4.78 is 0. The highest BCUT2D eigenvalue weighted by atomic mass is 16.3. The quantitative estimate of drug-likeness (QED) is 0.656. The van der Waals surface area contributed by atoms with Gasteiger partial charge >= 0.3 is 0 Å². The van der Waals surface area contributed by atoms with E-state index in [4.69, 9.17) is 0 Å². The van der Waals surface area contributed by atoms with Crippen LogP contribution in [0.15, 0.2) is 0 Å². The minimum Gasteiger partial charge on any atom is -0.380 e. The van der Waals surface area contributed by atoms with Crippen LogP contribution in [0.4, 0.5) is 0 Å². The average Bonchev–Trinajstić information content (AvgIpc) is 2.14. The second-order valence-electron chi connectivity index (χ2n) is 4.24. The Balaban J connectivity index is 1.95. The van der Waals surface area contributed by atoms with Crippen molar-refractivity contribution in [3.63, 3.8) is 0 Å². The smallest absolute Gasteiger partial charge is 0.254 e. The summed E-state index contributed by atoms with van der Waals surface area (Å²) in [6, 6.07) is 0. The fraction of sp³-hybridized carbons (Fsp3) is 0.900. The van der Waals surface area contributed by atoms with Crippen molar-refractivity contribution in [1.82, 2.24) is 4.90 Å². The van der Waals surface area contributed by atoms with Gasteiger partial charge in [-0.15, -0.1) is 0 Å². The van der Waals surface area contributed by atoms with Crippen LogP contribution >= 0.6 is 0 Å². The third-order valence-electron chi connectivity index (χ3n) is 3.22. The van der Waals surface area contributed by atoms with Gasteiger partial charge in [-0.05, 0) is 38.5 Å². The lowest BCUT2D eigenvalue weighted by Crippen LogP contribution is -2.54. The number of hydrogen-bond donors (Lipinski definition) is 1. The maximum atomic E-state index is 11.8. The first-order chi connectivity index (χ1) is 6.22. The molecule has 0 atom stereocenters. The second-order valence-corrected chi connectivity index (χ2v) is 4.24. The Morgan fingerprint density at radius 3 is 2.15 bits per heavy atom. The van der Waals surface area contributed by atoms with Crippen molar-refractivity contribution in [1.29, 1.82) is 0 Å². The Hall–Kier alpha value is -0.570. The Kier molecular flexibility index (Phi) is 2.28. The van der Waals surface area contributed by atoms with Gasteiger partial charge in [0.25, 0.3) is 5.91 Å². The van der Waals surface area contributed by atoms with Crippen LogP contribution in [0.2, 0.25) is 0 Å². The number of carbonyl (C=O) groups excluding carboxylic acids is 1. The molecule has 0 unspecified atom stereocenters. The van der Waals surface area contributed by atoms with Crippen LogP contribution in [0, 0.1) is 0 Å². The lowest BCUT2D eigenvalue weighted by molar-refractivity contribution is -0.161. The van der Waals surface area contributed by atoms with Crippen molar-refractivity contribution in [2.45, 2.75) is 44.1 Å². The van der Waals surface area contributed by atoms with Crippen LogP contribution in [-0.4, -0.2) is 34.6 Å². The summed E-state index contributed by atoms with van der Waals surface area (Å²) in [7, 11) is 0. The van der Waals surface area contributed by atoms with E-state index in [0.29, 0.717) is 12.8 Å². The second kappa shape index (κ2) is 3.29. The highest BCUT2D eigenvalue weighted by Crippen LogP contribution is 2.33. The Morgan fingerprint density at radius 1 is 1.08 bits per heavy atom. The lowest BCUT2D eigenvalue weighted by Gasteiger charge is -2.40. The van der Waals surface area contributed by atoms with Crippen LogP contribution < -0.4 is 0 Å². The molecule has 2 fully saturated rings. The zero-order chi connectivity index (χ0) is 9.31. The van der Waals surface area contributed by atoms with Crippen LogP contribution in [0.1, 0.15) is 38.5 Å². The van der Waals surface area contributed by atoms with E-state index in [1.54, 1.807) is 0 Å². The third kappa shape index (κ3) is 1.57. The van der Waals surface area contributed by atoms with Gasteiger partial charge in [0.15, 0.2) is 0 Å². The van der Waals surface area contributed by atoms with E-state index in [1.807, 2.05) is 4.90 Å². The molecule has 13 heavy (non-hydrogen) atoms. The molecule has 0 bridgehead atoms. The van der Waals surface area contributed by atoms with Gasteiger partial charge < -0.3 is 10.0 Å². The predicted octanol–water partition coefficient (Wildman–Crippen LogP) is 0.914. The number of piperidine rings is 1. The summed E-state index contributed by atoms with van der Waals surface area (Å²) in [5.74, 6) is -0.0153. The monoisotopic (exact) mass is 183 g/mol. The van der Waals surface area contributed by atoms with Crippen LogP contribution in [0.5, 0.6) is 0 Å². The zero-order valence-corrected chi connectivity index (χ0v) is 7.96. The van der Waals surface area contributed by atoms with Crippen LogP contribution in [0.3, 0.4) is 0 Å². The SMILES string of the molecule is O=C(N1CCCCC1)C1(O)CCC1. The summed E-state index contributed by atoms with van der Waals surface area (Å²) in [6.45, 7) is 1.70. The maximum Gasteiger partial charge on any atom is 0.254 e. The predicted molar refractivity (Wildman–Crippen MR) is 49.2 cm³/mol. The van der Waals surface area contributed by atoms with E-state index >= 15 is 0 Å². The zero-order valence-electron chi connectivity index (χ0n) is 7.96. The molecular formula is C10H17NO2. The van der Waals surface area contributed by atoms with Gasteiger partial charge in [0.05, 0.1) is 0 Å². The molecule has 2 aliphatic rings. The summed E-state index contributed by atoms with van der Waals surface area (Å²) in [5, 5.41) is 9.84. The molecule has 0 radical (unpaired) electrons. The highest BCUT2D eigenvalue weighted by molar-refractivity contribution is 5.86. The summed E-state index contributed by atoms with van der Waals surface area (Å²) >= 11 is 0. The van der Waals surface area contributed by atoms with E-state index in [1.165, 1.54) is 6.42 Å². The molecule has 1 aliphatic carbocycles. The fourth-order valence-electron chi connectivity index (χ4n) is 2.12. The van der Waals surface area contributed by atoms with E-state index in [-0.39, 0.29) is 5.91 Å². The first-order valence-electron chi connectivity index (χ1n) is 5.24. The summed E-state index contributed by atoms with van der Waals surface area (Å²) in [5.41, 5.74) is -0.975. The normalized spacial score (nSPS) is 26.7. The molecule has 1 aliphatic heterocycles. The van der Waals surface area contributed by atoms with Gasteiger partial charge in [-0.2, -0.15) is 0 Å². The molecule has 1 saturated carbocycles. The Bertz CT molecular complexity index is 205. The maximum absolute atomic E-state index is 11.8. The highest BCUT2D eigenvalue weighted by Gasteiger charge is 2.44. The van der Waals surface area contributed by atoms with Gasteiger partial charge in [0, 0.05) is 13.1 Å². The first-order valence-corrected chi connectivity index (χ1v) is 5.24. The van der Waals surface area contributed by atoms with Gasteiger partial charge in [0.2, 0.25) is 0 Å². The minimum absolute atomic E-state index is 0.0153. The van der Waals surface area contributed by atoms with Crippen molar-refractivity contribution < 1.29 is 9.90 Å². The standard InChI is InChI=1S/C10H17NO2/c12-9(10(13)5-4-6-10)11-7-2-1-3-8-11/h13H,1-8H2. The number of aliphatic hydroxyl groups is 1. The lowest BCUT2D eigenvalue weighted by atomic mass is 9.79. The molecule has 1 heterocycles. The molecule has 0 aromatic carbocycles. The molecule has 0 aromatic rings. The molecule has 3 heteroatoms. The van der Waals surface area contributed by atoms with Gasteiger partial charge in [-0.3, -0.25) is 4.79 Å². The molecule has 1 amide bonds. The van der Waals surface area contributed by atoms with Crippen molar-refractivity contribution in [2.75, 3.05) is 13.1 Å². The number of hydrogen-bond acceptors (Lipinski definition) is 2. The molecule has 0 spiro atoms. The number of rotatable bonds is 1. The minimum atomic E-state index is -0.975. The Labute approximate surface area is 78.7 Å². The van der Waals surface area contributed by atoms with Crippen molar-refractivity contribution in [2.24, 2.45) is 0 Å². The van der Waals surface area contributed by atoms with E-state index in [2.05, 4.69) is 0 Å². The van der Waals surface area contributed by atoms with Crippen molar-refractivity contribution in [3.8, 4) is 0 Å². The number of amides is 1. The average molecular weight is 183 g/mol. The topological polar surface area (TPSA) is 40.5 Å². The molecule has 0 aromatic heterocycles. The molecule has 1 saturated heterocycles. The van der Waals surface area contributed by atoms with Gasteiger partial charge in [-0.25, -0.2) is 0 Å². The van der Waals surface area contributed by atoms with Crippen LogP contribution in [-0.2, 0) is 4.79 Å². The van der Waals surface area contributed by atoms with Crippen molar-refractivity contribution in [3.05, 3.63) is 0 Å². The third-order valence-corrected chi connectivity index (χ3v) is 3.22. The number of nitrogens with zero attached hydrogens (tertiary/aromatic N) is 1. The van der Waals surface area contributed by atoms with E-state index in [9.17, 15) is 9.90 Å². The van der Waals surface area contributed by atoms with Crippen molar-refractivity contribution >= 4 is 5.91 Å². The number of carbonyl (C=O) groups is 1. The van der Waals surface area contributed by atoms with E-state index in [0.717, 1.165) is 32.4 Å².